The average molecular weight is 348 g/mol. The number of fused-ring (bicyclic) bond motifs is 3. The van der Waals surface area contributed by atoms with Crippen molar-refractivity contribution in [1.82, 2.24) is 9.97 Å². The maximum absolute atomic E-state index is 6.19. The first-order valence-corrected chi connectivity index (χ1v) is 9.56. The normalized spacial score (nSPS) is 23.8. The highest BCUT2D eigenvalue weighted by Crippen LogP contribution is 2.45. The zero-order valence-corrected chi connectivity index (χ0v) is 15.8. The van der Waals surface area contributed by atoms with Crippen molar-refractivity contribution >= 4 is 11.4 Å². The van der Waals surface area contributed by atoms with E-state index in [2.05, 4.69) is 48.6 Å². The summed E-state index contributed by atoms with van der Waals surface area (Å²) in [5.74, 6) is 1.15. The molecule has 4 rings (SSSR count). The predicted octanol–water partition coefficient (Wildman–Crippen LogP) is 4.09. The van der Waals surface area contributed by atoms with Gasteiger partial charge in [-0.25, -0.2) is 9.97 Å². The maximum Gasteiger partial charge on any atom is 0.131 e. The minimum absolute atomic E-state index is 0.0781. The first-order chi connectivity index (χ1) is 12.4. The second-order valence-electron chi connectivity index (χ2n) is 8.55. The topological polar surface area (TPSA) is 77.8 Å². The quantitative estimate of drug-likeness (QED) is 0.857. The molecule has 0 bridgehead atoms. The van der Waals surface area contributed by atoms with Crippen LogP contribution in [0, 0.1) is 5.92 Å². The Hall–Kier alpha value is -2.20. The number of aromatic nitrogens is 2. The van der Waals surface area contributed by atoms with E-state index in [-0.39, 0.29) is 5.41 Å². The lowest BCUT2D eigenvalue weighted by atomic mass is 9.71. The Balaban J connectivity index is 1.71. The molecule has 1 aromatic carbocycles. The molecular weight excluding hydrogens is 320 g/mol. The molecule has 2 aliphatic rings. The predicted molar refractivity (Wildman–Crippen MR) is 108 cm³/mol. The van der Waals surface area contributed by atoms with Gasteiger partial charge in [0.2, 0.25) is 0 Å². The molecule has 26 heavy (non-hydrogen) atoms. The molecule has 0 amide bonds. The third kappa shape index (κ3) is 2.82. The Morgan fingerprint density at radius 3 is 2.62 bits per heavy atom. The van der Waals surface area contributed by atoms with Gasteiger partial charge in [-0.2, -0.15) is 0 Å². The molecule has 0 atom stereocenters. The van der Waals surface area contributed by atoms with Crippen LogP contribution in [-0.2, 0) is 11.8 Å². The third-order valence-corrected chi connectivity index (χ3v) is 6.18. The van der Waals surface area contributed by atoms with Crippen molar-refractivity contribution in [3.05, 3.63) is 47.8 Å². The first kappa shape index (κ1) is 17.2. The van der Waals surface area contributed by atoms with Crippen LogP contribution in [0.25, 0.3) is 16.8 Å². The summed E-state index contributed by atoms with van der Waals surface area (Å²) >= 11 is 0. The van der Waals surface area contributed by atoms with Crippen molar-refractivity contribution in [3.8, 4) is 11.3 Å². The van der Waals surface area contributed by atoms with E-state index in [4.69, 9.17) is 11.5 Å². The van der Waals surface area contributed by atoms with Gasteiger partial charge in [-0.3, -0.25) is 0 Å². The largest absolute Gasteiger partial charge is 0.383 e. The van der Waals surface area contributed by atoms with E-state index in [0.717, 1.165) is 43.4 Å². The highest BCUT2D eigenvalue weighted by molar-refractivity contribution is 5.78. The molecule has 4 nitrogen and oxygen atoms in total. The number of benzene rings is 1. The fraction of sp³-hybridized carbons (Fsp3) is 0.455. The average Bonchev–Trinajstić information content (AvgIpc) is 2.60. The van der Waals surface area contributed by atoms with E-state index in [0.29, 0.717) is 17.8 Å². The lowest BCUT2D eigenvalue weighted by Crippen LogP contribution is -2.28. The molecule has 1 aromatic heterocycles. The molecule has 0 spiro atoms. The summed E-state index contributed by atoms with van der Waals surface area (Å²) in [7, 11) is 0. The number of nitrogens with zero attached hydrogens (tertiary/aromatic N) is 2. The molecule has 2 aromatic rings. The minimum Gasteiger partial charge on any atom is -0.383 e. The highest BCUT2D eigenvalue weighted by Gasteiger charge is 2.34. The molecule has 1 fully saturated rings. The summed E-state index contributed by atoms with van der Waals surface area (Å²) in [5, 5.41) is 0. The van der Waals surface area contributed by atoms with Crippen LogP contribution in [0.15, 0.2) is 31.1 Å². The second-order valence-corrected chi connectivity index (χ2v) is 8.55. The van der Waals surface area contributed by atoms with Crippen molar-refractivity contribution in [2.75, 3.05) is 5.73 Å². The van der Waals surface area contributed by atoms with Crippen LogP contribution in [0.3, 0.4) is 0 Å². The van der Waals surface area contributed by atoms with Crippen LogP contribution in [0.1, 0.15) is 56.2 Å². The Kier molecular flexibility index (Phi) is 4.11. The fourth-order valence-electron chi connectivity index (χ4n) is 4.71. The lowest BCUT2D eigenvalue weighted by Gasteiger charge is -2.34. The van der Waals surface area contributed by atoms with Gasteiger partial charge in [-0.1, -0.05) is 38.6 Å². The standard InChI is InChI=1S/C22H28N4/c1-13(14-4-7-17(23)8-5-14)15-6-9-18-16(10-15)11-22(2,3)19-20(18)25-12-26-21(19)24/h6,9-10,12,14,17H,1,4-5,7-8,11,23H2,2-3H3,(H2,24,25,26). The smallest absolute Gasteiger partial charge is 0.131 e. The van der Waals surface area contributed by atoms with Gasteiger partial charge in [0.25, 0.3) is 0 Å². The first-order valence-electron chi connectivity index (χ1n) is 9.56. The summed E-state index contributed by atoms with van der Waals surface area (Å²) in [6.45, 7) is 8.87. The van der Waals surface area contributed by atoms with Gasteiger partial charge in [0.15, 0.2) is 0 Å². The van der Waals surface area contributed by atoms with Crippen molar-refractivity contribution < 1.29 is 0 Å². The molecule has 136 valence electrons. The van der Waals surface area contributed by atoms with Gasteiger partial charge in [0, 0.05) is 17.2 Å². The van der Waals surface area contributed by atoms with Gasteiger partial charge < -0.3 is 11.5 Å². The number of anilines is 1. The van der Waals surface area contributed by atoms with Crippen LogP contribution < -0.4 is 11.5 Å². The van der Waals surface area contributed by atoms with Crippen LogP contribution in [-0.4, -0.2) is 16.0 Å². The lowest BCUT2D eigenvalue weighted by molar-refractivity contribution is 0.384. The van der Waals surface area contributed by atoms with Gasteiger partial charge in [-0.05, 0) is 60.1 Å². The maximum atomic E-state index is 6.19. The van der Waals surface area contributed by atoms with E-state index < -0.39 is 0 Å². The number of hydrogen-bond acceptors (Lipinski definition) is 4. The summed E-state index contributed by atoms with van der Waals surface area (Å²) in [5.41, 5.74) is 19.2. The Labute approximate surface area is 155 Å². The summed E-state index contributed by atoms with van der Waals surface area (Å²) in [6.07, 6.45) is 7.00. The number of nitrogens with two attached hydrogens (primary N) is 2. The molecule has 0 aliphatic heterocycles. The van der Waals surface area contributed by atoms with Gasteiger partial charge in [-0.15, -0.1) is 0 Å². The fourth-order valence-corrected chi connectivity index (χ4v) is 4.71. The molecule has 2 aliphatic carbocycles. The summed E-state index contributed by atoms with van der Waals surface area (Å²) in [6, 6.07) is 7.06. The van der Waals surface area contributed by atoms with Crippen molar-refractivity contribution in [2.45, 2.75) is 57.4 Å². The molecule has 4 heteroatoms. The molecule has 0 radical (unpaired) electrons. The zero-order valence-electron chi connectivity index (χ0n) is 15.8. The minimum atomic E-state index is -0.0781. The number of rotatable bonds is 2. The molecule has 0 saturated heterocycles. The number of nitrogen functional groups attached to an aromatic ring is 1. The molecule has 1 heterocycles. The second kappa shape index (κ2) is 6.20. The monoisotopic (exact) mass is 348 g/mol. The van der Waals surface area contributed by atoms with Gasteiger partial charge >= 0.3 is 0 Å². The summed E-state index contributed by atoms with van der Waals surface area (Å²) < 4.78 is 0. The number of hydrogen-bond donors (Lipinski definition) is 2. The van der Waals surface area contributed by atoms with E-state index in [1.165, 1.54) is 22.3 Å². The van der Waals surface area contributed by atoms with Crippen LogP contribution in [0.4, 0.5) is 5.82 Å². The summed E-state index contributed by atoms with van der Waals surface area (Å²) in [4.78, 5) is 8.78. The van der Waals surface area contributed by atoms with E-state index in [9.17, 15) is 0 Å². The van der Waals surface area contributed by atoms with Gasteiger partial charge in [0.05, 0.1) is 5.69 Å². The molecule has 1 saturated carbocycles. The number of allylic oxidation sites excluding steroid dienone is 1. The van der Waals surface area contributed by atoms with Crippen LogP contribution >= 0.6 is 0 Å². The molecular formula is C22H28N4. The highest BCUT2D eigenvalue weighted by atomic mass is 14.9. The Bertz CT molecular complexity index is 860. The van der Waals surface area contributed by atoms with Crippen LogP contribution in [0.5, 0.6) is 0 Å². The van der Waals surface area contributed by atoms with Crippen molar-refractivity contribution in [1.29, 1.82) is 0 Å². The molecule has 4 N–H and O–H groups in total. The van der Waals surface area contributed by atoms with Gasteiger partial charge in [0.1, 0.15) is 12.1 Å². The zero-order chi connectivity index (χ0) is 18.5. The van der Waals surface area contributed by atoms with Crippen molar-refractivity contribution in [2.24, 2.45) is 11.7 Å². The van der Waals surface area contributed by atoms with E-state index in [1.807, 2.05) is 0 Å². The third-order valence-electron chi connectivity index (χ3n) is 6.18. The van der Waals surface area contributed by atoms with E-state index in [1.54, 1.807) is 6.33 Å². The van der Waals surface area contributed by atoms with E-state index >= 15 is 0 Å². The Morgan fingerprint density at radius 2 is 1.88 bits per heavy atom. The van der Waals surface area contributed by atoms with Crippen LogP contribution in [0.2, 0.25) is 0 Å². The SMILES string of the molecule is C=C(c1ccc2c(c1)CC(C)(C)c1c(N)ncnc1-2)C1CCC(N)CC1. The van der Waals surface area contributed by atoms with Crippen molar-refractivity contribution in [3.63, 3.8) is 0 Å². The Morgan fingerprint density at radius 1 is 1.15 bits per heavy atom. The molecule has 0 unspecified atom stereocenters.